The summed E-state index contributed by atoms with van der Waals surface area (Å²) < 4.78 is 5.03. The van der Waals surface area contributed by atoms with E-state index in [0.717, 1.165) is 0 Å². The van der Waals surface area contributed by atoms with E-state index in [4.69, 9.17) is 4.74 Å². The molecule has 1 rings (SSSR count). The number of aliphatic hydroxyl groups is 1. The van der Waals surface area contributed by atoms with Gasteiger partial charge in [0.25, 0.3) is 0 Å². The number of ether oxygens (including phenoxy) is 1. The zero-order valence-electron chi connectivity index (χ0n) is 9.58. The van der Waals surface area contributed by atoms with Crippen LogP contribution in [0.15, 0.2) is 24.3 Å². The predicted octanol–water partition coefficient (Wildman–Crippen LogP) is 1.00. The maximum absolute atomic E-state index is 11.8. The first-order valence-electron chi connectivity index (χ1n) is 5.07. The van der Waals surface area contributed by atoms with E-state index in [1.165, 1.54) is 6.92 Å². The van der Waals surface area contributed by atoms with Gasteiger partial charge < -0.3 is 9.84 Å². The minimum Gasteiger partial charge on any atom is -0.359 e. The van der Waals surface area contributed by atoms with Gasteiger partial charge in [0, 0.05) is 0 Å². The van der Waals surface area contributed by atoms with Crippen LogP contribution in [0.1, 0.15) is 20.3 Å². The topological polar surface area (TPSA) is 63.6 Å². The second kappa shape index (κ2) is 4.31. The smallest absolute Gasteiger partial charge is 0.241 e. The first-order chi connectivity index (χ1) is 7.30. The van der Waals surface area contributed by atoms with Crippen molar-refractivity contribution in [2.45, 2.75) is 26.1 Å². The number of Topliss-reactive ketones (excluding diaryl/α,β-unsaturated/α-hetero) is 2. The van der Waals surface area contributed by atoms with Crippen LogP contribution in [0.2, 0.25) is 0 Å². The summed E-state index contributed by atoms with van der Waals surface area (Å²) in [5, 5.41) is 10.1. The molecule has 1 N–H and O–H groups in total. The van der Waals surface area contributed by atoms with E-state index in [1.54, 1.807) is 6.92 Å². The van der Waals surface area contributed by atoms with Crippen molar-refractivity contribution >= 4 is 11.6 Å². The van der Waals surface area contributed by atoms with Gasteiger partial charge in [-0.25, -0.2) is 0 Å². The lowest BCUT2D eigenvalue weighted by Crippen LogP contribution is -2.47. The average Bonchev–Trinajstić information content (AvgIpc) is 2.58. The van der Waals surface area contributed by atoms with Crippen LogP contribution in [0.3, 0.4) is 0 Å². The molecular weight excluding hydrogens is 208 g/mol. The van der Waals surface area contributed by atoms with E-state index in [-0.39, 0.29) is 18.0 Å². The first kappa shape index (κ1) is 12.8. The summed E-state index contributed by atoms with van der Waals surface area (Å²) >= 11 is 0. The molecule has 1 saturated heterocycles. The molecule has 0 aromatic rings. The van der Waals surface area contributed by atoms with E-state index >= 15 is 0 Å². The molecule has 0 aliphatic carbocycles. The molecule has 16 heavy (non-hydrogen) atoms. The number of allylic oxidation sites excluding steroid dienone is 1. The second-order valence-corrected chi connectivity index (χ2v) is 4.14. The van der Waals surface area contributed by atoms with Crippen molar-refractivity contribution in [1.29, 1.82) is 0 Å². The molecule has 0 aromatic heterocycles. The van der Waals surface area contributed by atoms with Gasteiger partial charge in [-0.3, -0.25) is 9.59 Å². The van der Waals surface area contributed by atoms with Crippen LogP contribution >= 0.6 is 0 Å². The lowest BCUT2D eigenvalue weighted by atomic mass is 9.86. The van der Waals surface area contributed by atoms with Gasteiger partial charge in [0.05, 0.1) is 12.5 Å². The number of hydrogen-bond donors (Lipinski definition) is 1. The fourth-order valence-electron chi connectivity index (χ4n) is 1.76. The minimum atomic E-state index is -2.05. The van der Waals surface area contributed by atoms with Gasteiger partial charge in [-0.05, 0) is 31.4 Å². The van der Waals surface area contributed by atoms with Crippen molar-refractivity contribution in [3.63, 3.8) is 0 Å². The molecule has 0 bridgehead atoms. The summed E-state index contributed by atoms with van der Waals surface area (Å²) in [6.45, 7) is 10.2. The fourth-order valence-corrected chi connectivity index (χ4v) is 1.76. The SMILES string of the molecule is C=C(C)C(=O)C1CCOC1(O)C(=O)C(=C)C. The normalized spacial score (nSPS) is 28.8. The molecule has 1 aliphatic rings. The summed E-state index contributed by atoms with van der Waals surface area (Å²) in [5.41, 5.74) is 0.479. The average molecular weight is 224 g/mol. The van der Waals surface area contributed by atoms with Crippen LogP contribution in [-0.2, 0) is 14.3 Å². The molecule has 2 unspecified atom stereocenters. The molecule has 0 radical (unpaired) electrons. The molecule has 2 atom stereocenters. The van der Waals surface area contributed by atoms with Gasteiger partial charge in [0.1, 0.15) is 0 Å². The van der Waals surface area contributed by atoms with E-state index in [2.05, 4.69) is 13.2 Å². The Morgan fingerprint density at radius 2 is 1.88 bits per heavy atom. The Hall–Kier alpha value is -1.26. The van der Waals surface area contributed by atoms with E-state index in [0.29, 0.717) is 12.0 Å². The third-order valence-electron chi connectivity index (χ3n) is 2.65. The number of carbonyl (C=O) groups excluding carboxylic acids is 2. The predicted molar refractivity (Wildman–Crippen MR) is 58.7 cm³/mol. The molecule has 1 aliphatic heterocycles. The van der Waals surface area contributed by atoms with Gasteiger partial charge >= 0.3 is 0 Å². The zero-order chi connectivity index (χ0) is 12.5. The molecule has 0 aromatic carbocycles. The monoisotopic (exact) mass is 224 g/mol. The standard InChI is InChI=1S/C12H16O4/c1-7(2)10(13)9-5-6-16-12(9,15)11(14)8(3)4/h9,15H,1,3,5-6H2,2,4H3. The lowest BCUT2D eigenvalue weighted by molar-refractivity contribution is -0.196. The van der Waals surface area contributed by atoms with Crippen LogP contribution in [-0.4, -0.2) is 29.1 Å². The highest BCUT2D eigenvalue weighted by molar-refractivity contribution is 6.06. The van der Waals surface area contributed by atoms with Crippen LogP contribution < -0.4 is 0 Å². The Morgan fingerprint density at radius 3 is 2.31 bits per heavy atom. The van der Waals surface area contributed by atoms with E-state index in [9.17, 15) is 14.7 Å². The van der Waals surface area contributed by atoms with Gasteiger partial charge in [-0.2, -0.15) is 0 Å². The second-order valence-electron chi connectivity index (χ2n) is 4.14. The van der Waals surface area contributed by atoms with Crippen molar-refractivity contribution in [3.8, 4) is 0 Å². The number of hydrogen-bond acceptors (Lipinski definition) is 4. The number of ketones is 2. The molecule has 0 saturated carbocycles. The van der Waals surface area contributed by atoms with Gasteiger partial charge in [-0.1, -0.05) is 13.2 Å². The third-order valence-corrected chi connectivity index (χ3v) is 2.65. The molecule has 88 valence electrons. The Bertz CT molecular complexity index is 369. The van der Waals surface area contributed by atoms with Crippen molar-refractivity contribution in [2.24, 2.45) is 5.92 Å². The van der Waals surface area contributed by atoms with E-state index in [1.807, 2.05) is 0 Å². The largest absolute Gasteiger partial charge is 0.359 e. The van der Waals surface area contributed by atoms with Gasteiger partial charge in [0.2, 0.25) is 11.6 Å². The van der Waals surface area contributed by atoms with Crippen molar-refractivity contribution in [1.82, 2.24) is 0 Å². The van der Waals surface area contributed by atoms with Crippen LogP contribution in [0.25, 0.3) is 0 Å². The molecule has 0 amide bonds. The number of rotatable bonds is 4. The maximum Gasteiger partial charge on any atom is 0.241 e. The molecule has 1 fully saturated rings. The zero-order valence-corrected chi connectivity index (χ0v) is 9.58. The highest BCUT2D eigenvalue weighted by Crippen LogP contribution is 2.34. The minimum absolute atomic E-state index is 0.170. The fraction of sp³-hybridized carbons (Fsp3) is 0.500. The van der Waals surface area contributed by atoms with Crippen LogP contribution in [0.5, 0.6) is 0 Å². The highest BCUT2D eigenvalue weighted by Gasteiger charge is 2.52. The van der Waals surface area contributed by atoms with Gasteiger partial charge in [0.15, 0.2) is 5.78 Å². The first-order valence-corrected chi connectivity index (χ1v) is 5.07. The Kier molecular flexibility index (Phi) is 3.45. The lowest BCUT2D eigenvalue weighted by Gasteiger charge is -2.26. The Labute approximate surface area is 94.6 Å². The van der Waals surface area contributed by atoms with Gasteiger partial charge in [-0.15, -0.1) is 0 Å². The Morgan fingerprint density at radius 1 is 1.31 bits per heavy atom. The molecular formula is C12H16O4. The maximum atomic E-state index is 11.8. The van der Waals surface area contributed by atoms with Crippen LogP contribution in [0, 0.1) is 5.92 Å². The quantitative estimate of drug-likeness (QED) is 0.724. The molecule has 4 heteroatoms. The molecule has 1 heterocycles. The molecule has 0 spiro atoms. The number of carbonyl (C=O) groups is 2. The summed E-state index contributed by atoms with van der Waals surface area (Å²) in [6, 6.07) is 0. The third kappa shape index (κ3) is 1.99. The highest BCUT2D eigenvalue weighted by atomic mass is 16.6. The molecule has 4 nitrogen and oxygen atoms in total. The van der Waals surface area contributed by atoms with Crippen molar-refractivity contribution in [2.75, 3.05) is 6.61 Å². The summed E-state index contributed by atoms with van der Waals surface area (Å²) in [7, 11) is 0. The van der Waals surface area contributed by atoms with Crippen molar-refractivity contribution in [3.05, 3.63) is 24.3 Å². The van der Waals surface area contributed by atoms with Crippen LogP contribution in [0.4, 0.5) is 0 Å². The summed E-state index contributed by atoms with van der Waals surface area (Å²) in [6.07, 6.45) is 0.321. The summed E-state index contributed by atoms with van der Waals surface area (Å²) in [5.74, 6) is -3.89. The van der Waals surface area contributed by atoms with Crippen molar-refractivity contribution < 1.29 is 19.4 Å². The van der Waals surface area contributed by atoms with E-state index < -0.39 is 17.5 Å². The summed E-state index contributed by atoms with van der Waals surface area (Å²) in [4.78, 5) is 23.5. The Balaban J connectivity index is 3.03.